The second kappa shape index (κ2) is 21.8. The van der Waals surface area contributed by atoms with Crippen molar-refractivity contribution in [3.05, 3.63) is 103 Å². The van der Waals surface area contributed by atoms with E-state index in [1.807, 2.05) is 74.5 Å². The molecule has 50 heavy (non-hydrogen) atoms. The van der Waals surface area contributed by atoms with Crippen LogP contribution in [0.2, 0.25) is 0 Å². The standard InChI is InChI=1S/2C14H18O3.C11H18O5/c1-5-16-13(15)11(2)17-14(3,4)12-9-7-6-8-10-12;1-5-16-13(15)14(3,4)17-11(2)12-9-7-6-8-10-12;1-6-14-9(12)8(3)16-11(4,5)10(13)15-7-2/h2*6-10H,2,5H2,1,3-4H3;3,6-7H2,1-2,4-5H3. The summed E-state index contributed by atoms with van der Waals surface area (Å²) in [5, 5.41) is 0. The molecule has 0 radical (unpaired) electrons. The van der Waals surface area contributed by atoms with E-state index in [0.717, 1.165) is 11.1 Å². The Kier molecular flexibility index (Phi) is 19.6. The van der Waals surface area contributed by atoms with Gasteiger partial charge in [-0.3, -0.25) is 0 Å². The molecule has 11 nitrogen and oxygen atoms in total. The molecule has 0 saturated carbocycles. The summed E-state index contributed by atoms with van der Waals surface area (Å²) in [6, 6.07) is 19.1. The van der Waals surface area contributed by atoms with Gasteiger partial charge in [-0.15, -0.1) is 0 Å². The van der Waals surface area contributed by atoms with Crippen LogP contribution >= 0.6 is 0 Å². The number of ether oxygens (including phenoxy) is 7. The van der Waals surface area contributed by atoms with Crippen LogP contribution in [0.1, 0.15) is 80.4 Å². The monoisotopic (exact) mass is 698 g/mol. The molecule has 0 amide bonds. The van der Waals surface area contributed by atoms with Crippen LogP contribution in [0.5, 0.6) is 0 Å². The molecule has 0 aliphatic carbocycles. The third-order valence-electron chi connectivity index (χ3n) is 6.24. The van der Waals surface area contributed by atoms with Crippen molar-refractivity contribution in [3.63, 3.8) is 0 Å². The van der Waals surface area contributed by atoms with Crippen molar-refractivity contribution >= 4 is 29.6 Å². The predicted molar refractivity (Wildman–Crippen MR) is 191 cm³/mol. The van der Waals surface area contributed by atoms with Crippen LogP contribution in [-0.4, -0.2) is 61.5 Å². The number of benzene rings is 2. The number of carbonyl (C=O) groups is 4. The smallest absolute Gasteiger partial charge is 0.372 e. The quantitative estimate of drug-likeness (QED) is 0.0749. The Bertz CT molecular complexity index is 1410. The van der Waals surface area contributed by atoms with E-state index in [0.29, 0.717) is 19.0 Å². The number of esters is 4. The molecule has 2 aromatic carbocycles. The first-order valence-electron chi connectivity index (χ1n) is 16.2. The van der Waals surface area contributed by atoms with Gasteiger partial charge in [0, 0.05) is 5.56 Å². The van der Waals surface area contributed by atoms with Crippen molar-refractivity contribution in [1.29, 1.82) is 0 Å². The van der Waals surface area contributed by atoms with Crippen LogP contribution in [0, 0.1) is 0 Å². The summed E-state index contributed by atoms with van der Waals surface area (Å²) in [5.74, 6) is -1.86. The lowest BCUT2D eigenvalue weighted by Crippen LogP contribution is -2.37. The lowest BCUT2D eigenvalue weighted by atomic mass is 9.98. The summed E-state index contributed by atoms with van der Waals surface area (Å²) in [4.78, 5) is 45.7. The maximum absolute atomic E-state index is 11.6. The zero-order valence-electron chi connectivity index (χ0n) is 31.2. The Labute approximate surface area is 297 Å². The van der Waals surface area contributed by atoms with Crippen LogP contribution in [0.4, 0.5) is 0 Å². The fraction of sp³-hybridized carbons (Fsp3) is 0.436. The average molecular weight is 699 g/mol. The minimum absolute atomic E-state index is 0.0284. The number of rotatable bonds is 16. The van der Waals surface area contributed by atoms with Gasteiger partial charge >= 0.3 is 23.9 Å². The molecule has 0 N–H and O–H groups in total. The average Bonchev–Trinajstić information content (AvgIpc) is 3.06. The maximum atomic E-state index is 11.6. The first-order valence-corrected chi connectivity index (χ1v) is 16.2. The Balaban J connectivity index is 0.000000721. The van der Waals surface area contributed by atoms with Crippen molar-refractivity contribution in [2.24, 2.45) is 0 Å². The van der Waals surface area contributed by atoms with E-state index in [4.69, 9.17) is 28.4 Å². The molecule has 0 unspecified atom stereocenters. The molecule has 2 aromatic rings. The summed E-state index contributed by atoms with van der Waals surface area (Å²) in [7, 11) is 0. The molecule has 0 aliphatic rings. The van der Waals surface area contributed by atoms with Crippen LogP contribution in [0.25, 0.3) is 5.76 Å². The van der Waals surface area contributed by atoms with Gasteiger partial charge in [0.1, 0.15) is 11.4 Å². The second-order valence-corrected chi connectivity index (χ2v) is 11.7. The first-order chi connectivity index (χ1) is 23.3. The van der Waals surface area contributed by atoms with Gasteiger partial charge < -0.3 is 33.2 Å². The zero-order chi connectivity index (χ0) is 38.5. The highest BCUT2D eigenvalue weighted by atomic mass is 16.6. The largest absolute Gasteiger partial charge is 0.476 e. The van der Waals surface area contributed by atoms with Gasteiger partial charge in [0.2, 0.25) is 5.60 Å². The third-order valence-corrected chi connectivity index (χ3v) is 6.24. The van der Waals surface area contributed by atoms with Gasteiger partial charge in [0.25, 0.3) is 0 Å². The molecule has 0 bridgehead atoms. The van der Waals surface area contributed by atoms with Crippen molar-refractivity contribution in [3.8, 4) is 0 Å². The fourth-order valence-corrected chi connectivity index (χ4v) is 3.71. The van der Waals surface area contributed by atoms with Gasteiger partial charge in [-0.1, -0.05) is 67.2 Å². The Hall–Kier alpha value is -5.06. The molecule has 0 spiro atoms. The van der Waals surface area contributed by atoms with E-state index < -0.39 is 40.7 Å². The first kappa shape index (κ1) is 44.9. The molecule has 0 atom stereocenters. The minimum atomic E-state index is -1.25. The highest BCUT2D eigenvalue weighted by Crippen LogP contribution is 2.27. The molecule has 276 valence electrons. The molecule has 0 heterocycles. The summed E-state index contributed by atoms with van der Waals surface area (Å²) in [5.41, 5.74) is -1.05. The Morgan fingerprint density at radius 3 is 1.28 bits per heavy atom. The van der Waals surface area contributed by atoms with Gasteiger partial charge in [0.15, 0.2) is 17.1 Å². The molecule has 0 fully saturated rings. The SMILES string of the molecule is C=C(OC(C)(C)C(=O)OCC)C(=O)OCC.C=C(OC(C)(C)C(=O)OCC)c1ccccc1.C=C(OC(C)(C)c1ccccc1)C(=O)OCC. The molecular weight excluding hydrogens is 644 g/mol. The maximum Gasteiger partial charge on any atom is 0.372 e. The number of hydrogen-bond donors (Lipinski definition) is 0. The van der Waals surface area contributed by atoms with E-state index in [1.165, 1.54) is 13.8 Å². The summed E-state index contributed by atoms with van der Waals surface area (Å²) in [6.07, 6.45) is 0. The Morgan fingerprint density at radius 1 is 0.520 bits per heavy atom. The fourth-order valence-electron chi connectivity index (χ4n) is 3.71. The van der Waals surface area contributed by atoms with Crippen LogP contribution in [-0.2, 0) is 57.9 Å². The van der Waals surface area contributed by atoms with E-state index >= 15 is 0 Å². The second-order valence-electron chi connectivity index (χ2n) is 11.7. The van der Waals surface area contributed by atoms with Crippen molar-refractivity contribution in [2.45, 2.75) is 86.0 Å². The normalized spacial score (nSPS) is 10.7. The van der Waals surface area contributed by atoms with Crippen LogP contribution in [0.15, 0.2) is 91.9 Å². The van der Waals surface area contributed by atoms with Crippen LogP contribution in [0.3, 0.4) is 0 Å². The van der Waals surface area contributed by atoms with Gasteiger partial charge in [0.05, 0.1) is 26.4 Å². The highest BCUT2D eigenvalue weighted by Gasteiger charge is 2.34. The molecule has 2 rings (SSSR count). The lowest BCUT2D eigenvalue weighted by Gasteiger charge is -2.27. The third kappa shape index (κ3) is 16.4. The summed E-state index contributed by atoms with van der Waals surface area (Å²) < 4.78 is 35.5. The van der Waals surface area contributed by atoms with Gasteiger partial charge in [-0.2, -0.15) is 0 Å². The molecule has 0 aromatic heterocycles. The van der Waals surface area contributed by atoms with Gasteiger partial charge in [-0.25, -0.2) is 19.2 Å². The van der Waals surface area contributed by atoms with E-state index in [1.54, 1.807) is 41.5 Å². The lowest BCUT2D eigenvalue weighted by molar-refractivity contribution is -0.166. The minimum Gasteiger partial charge on any atom is -0.476 e. The Morgan fingerprint density at radius 2 is 0.880 bits per heavy atom. The van der Waals surface area contributed by atoms with Crippen molar-refractivity contribution in [1.82, 2.24) is 0 Å². The van der Waals surface area contributed by atoms with E-state index in [2.05, 4.69) is 24.5 Å². The molecule has 0 aliphatic heterocycles. The molecular formula is C39H54O11. The highest BCUT2D eigenvalue weighted by molar-refractivity contribution is 5.87. The summed E-state index contributed by atoms with van der Waals surface area (Å²) in [6.45, 7) is 28.9. The van der Waals surface area contributed by atoms with E-state index in [9.17, 15) is 19.2 Å². The topological polar surface area (TPSA) is 133 Å². The zero-order valence-corrected chi connectivity index (χ0v) is 31.2. The number of carbonyl (C=O) groups excluding carboxylic acids is 4. The number of hydrogen-bond acceptors (Lipinski definition) is 11. The van der Waals surface area contributed by atoms with Crippen molar-refractivity contribution in [2.75, 3.05) is 26.4 Å². The van der Waals surface area contributed by atoms with E-state index in [-0.39, 0.29) is 24.7 Å². The van der Waals surface area contributed by atoms with Gasteiger partial charge in [-0.05, 0) is 88.0 Å². The predicted octanol–water partition coefficient (Wildman–Crippen LogP) is 7.45. The van der Waals surface area contributed by atoms with Crippen LogP contribution < -0.4 is 0 Å². The molecule has 0 saturated heterocycles. The summed E-state index contributed by atoms with van der Waals surface area (Å²) >= 11 is 0. The van der Waals surface area contributed by atoms with Crippen molar-refractivity contribution < 1.29 is 52.3 Å². The molecule has 11 heteroatoms.